The third kappa shape index (κ3) is 14.7. The van der Waals surface area contributed by atoms with E-state index in [0.717, 1.165) is 175 Å². The second-order valence-electron chi connectivity index (χ2n) is 28.4. The monoisotopic (exact) mass is 1460 g/mol. The molecule has 1 aliphatic carbocycles. The molecular weight excluding hydrogens is 1390 g/mol. The van der Waals surface area contributed by atoms with Crippen LogP contribution in [-0.4, -0.2) is 44.9 Å². The smallest absolute Gasteiger partial charge is 0.161 e. The van der Waals surface area contributed by atoms with E-state index in [-0.39, 0.29) is 5.92 Å². The minimum atomic E-state index is 0.0909. The van der Waals surface area contributed by atoms with E-state index in [0.29, 0.717) is 17.5 Å². The zero-order chi connectivity index (χ0) is 75.9. The number of hydrogen-bond donors (Lipinski definition) is 0. The van der Waals surface area contributed by atoms with Gasteiger partial charge in [0, 0.05) is 85.7 Å². The lowest BCUT2D eigenvalue weighted by Crippen LogP contribution is -2.02. The Balaban J connectivity index is 0.645. The van der Waals surface area contributed by atoms with Crippen LogP contribution in [0.3, 0.4) is 0 Å². The van der Waals surface area contributed by atoms with Gasteiger partial charge in [0.2, 0.25) is 0 Å². The molecule has 0 saturated heterocycles. The standard InChI is InChI=1S/C105H71N9/c1-7-25-73(26-8-1)97-64-98(74-27-9-2-10-28-74)110-103(109-97)82-55-58-94(106-67-82)79-49-43-70(44-50-79)88-37-19-22-40-91(88)85-61-86(92-41-23-20-38-89(92)71-45-51-80(52-46-71)95-59-56-83(68-107-95)104-111-99(75-29-11-3-12-30-75)65-100(112-104)76-31-13-4-14-32-76)63-87(62-85)93-42-24-21-39-90(93)72-47-53-81(54-48-72)96-60-57-84(69-108-96)105-113-101(77-33-15-5-16-34-77)66-102(114-105)78-35-17-6-18-36-78/h1-47,49-69,72H,48H2. The van der Waals surface area contributed by atoms with Gasteiger partial charge in [0.25, 0.3) is 0 Å². The summed E-state index contributed by atoms with van der Waals surface area (Å²) in [5, 5.41) is 0. The molecule has 6 heterocycles. The highest BCUT2D eigenvalue weighted by Gasteiger charge is 2.23. The van der Waals surface area contributed by atoms with E-state index in [1.807, 2.05) is 128 Å². The summed E-state index contributed by atoms with van der Waals surface area (Å²) in [7, 11) is 0. The zero-order valence-electron chi connectivity index (χ0n) is 62.1. The fraction of sp³-hybridized carbons (Fsp3) is 0.0190. The lowest BCUT2D eigenvalue weighted by molar-refractivity contribution is 0.858. The lowest BCUT2D eigenvalue weighted by atomic mass is 9.83. The zero-order valence-corrected chi connectivity index (χ0v) is 62.1. The number of allylic oxidation sites excluding steroid dienone is 4. The second kappa shape index (κ2) is 31.4. The molecule has 6 aromatic heterocycles. The first-order valence-electron chi connectivity index (χ1n) is 38.4. The molecule has 18 aromatic rings. The third-order valence-corrected chi connectivity index (χ3v) is 21.1. The number of aromatic nitrogens is 9. The van der Waals surface area contributed by atoms with Crippen molar-refractivity contribution < 1.29 is 0 Å². The van der Waals surface area contributed by atoms with Gasteiger partial charge in [-0.2, -0.15) is 0 Å². The number of pyridine rings is 3. The molecule has 12 aromatic carbocycles. The highest BCUT2D eigenvalue weighted by atomic mass is 14.9. The Morgan fingerprint density at radius 2 is 0.447 bits per heavy atom. The van der Waals surface area contributed by atoms with Crippen LogP contribution in [0.1, 0.15) is 23.6 Å². The van der Waals surface area contributed by atoms with E-state index in [4.69, 9.17) is 44.9 Å². The summed E-state index contributed by atoms with van der Waals surface area (Å²) in [5.74, 6) is 1.95. The molecule has 9 heteroatoms. The molecule has 1 unspecified atom stereocenters. The summed E-state index contributed by atoms with van der Waals surface area (Å²) in [4.78, 5) is 45.6. The fourth-order valence-corrected chi connectivity index (χ4v) is 15.2. The van der Waals surface area contributed by atoms with E-state index >= 15 is 0 Å². The molecule has 0 spiro atoms. The van der Waals surface area contributed by atoms with Crippen LogP contribution < -0.4 is 0 Å². The van der Waals surface area contributed by atoms with Crippen molar-refractivity contribution in [3.8, 4) is 180 Å². The molecule has 0 bridgehead atoms. The molecule has 0 radical (unpaired) electrons. The Morgan fingerprint density at radius 3 is 0.746 bits per heavy atom. The van der Waals surface area contributed by atoms with Crippen LogP contribution in [0.5, 0.6) is 0 Å². The summed E-state index contributed by atoms with van der Waals surface area (Å²) >= 11 is 0. The van der Waals surface area contributed by atoms with Crippen LogP contribution in [0.25, 0.3) is 185 Å². The van der Waals surface area contributed by atoms with Crippen LogP contribution in [-0.2, 0) is 0 Å². The largest absolute Gasteiger partial charge is 0.256 e. The summed E-state index contributed by atoms with van der Waals surface area (Å²) in [6.45, 7) is 0. The topological polar surface area (TPSA) is 116 Å². The molecule has 0 saturated carbocycles. The minimum Gasteiger partial charge on any atom is -0.256 e. The average molecular weight is 1460 g/mol. The van der Waals surface area contributed by atoms with Crippen molar-refractivity contribution in [2.75, 3.05) is 0 Å². The third-order valence-electron chi connectivity index (χ3n) is 21.1. The predicted molar refractivity (Wildman–Crippen MR) is 464 cm³/mol. The lowest BCUT2D eigenvalue weighted by Gasteiger charge is -2.22. The van der Waals surface area contributed by atoms with Gasteiger partial charge in [-0.25, -0.2) is 29.9 Å². The SMILES string of the molecule is C1=CC(c2ccccc2-c2cc(-c3ccccc3-c3ccc(-c4ccc(-c5nc(-c6ccccc6)cc(-c6ccccc6)n5)cn4)cc3)cc(-c3ccccc3-c3ccc(-c4ccc(-c5nc(-c6ccccc6)cc(-c6ccccc6)n5)cn4)cc3)c2)CC=C1c1ccc(-c2nc(-c3ccccc3)cc(-c3ccccc3)n2)cn1. The highest BCUT2D eigenvalue weighted by Crippen LogP contribution is 2.45. The molecule has 0 fully saturated rings. The fourth-order valence-electron chi connectivity index (χ4n) is 15.2. The Hall–Kier alpha value is -15.2. The molecule has 536 valence electrons. The normalized spacial score (nSPS) is 12.5. The van der Waals surface area contributed by atoms with Crippen LogP contribution >= 0.6 is 0 Å². The maximum Gasteiger partial charge on any atom is 0.161 e. The molecule has 1 aliphatic rings. The van der Waals surface area contributed by atoms with Crippen molar-refractivity contribution in [1.82, 2.24) is 44.9 Å². The van der Waals surface area contributed by atoms with Crippen molar-refractivity contribution in [3.05, 3.63) is 424 Å². The molecule has 1 atom stereocenters. The number of nitrogens with zero attached hydrogens (tertiary/aromatic N) is 9. The summed E-state index contributed by atoms with van der Waals surface area (Å²) in [6, 6.07) is 131. The summed E-state index contributed by atoms with van der Waals surface area (Å²) in [5.41, 5.74) is 31.8. The van der Waals surface area contributed by atoms with Crippen LogP contribution in [0.4, 0.5) is 0 Å². The first kappa shape index (κ1) is 69.3. The van der Waals surface area contributed by atoms with Gasteiger partial charge in [0.1, 0.15) is 0 Å². The van der Waals surface area contributed by atoms with Crippen molar-refractivity contribution in [3.63, 3.8) is 0 Å². The molecule has 0 N–H and O–H groups in total. The van der Waals surface area contributed by atoms with Crippen molar-refractivity contribution in [2.24, 2.45) is 0 Å². The Morgan fingerprint density at radius 1 is 0.193 bits per heavy atom. The quantitative estimate of drug-likeness (QED) is 0.0828. The molecule has 0 amide bonds. The van der Waals surface area contributed by atoms with Crippen molar-refractivity contribution in [2.45, 2.75) is 12.3 Å². The first-order chi connectivity index (χ1) is 56.4. The Labute approximate surface area is 662 Å². The van der Waals surface area contributed by atoms with Gasteiger partial charge < -0.3 is 0 Å². The molecule has 114 heavy (non-hydrogen) atoms. The average Bonchev–Trinajstić information content (AvgIpc) is 0.769. The van der Waals surface area contributed by atoms with E-state index in [9.17, 15) is 0 Å². The van der Waals surface area contributed by atoms with E-state index in [1.54, 1.807) is 0 Å². The van der Waals surface area contributed by atoms with Gasteiger partial charge in [-0.3, -0.25) is 15.0 Å². The van der Waals surface area contributed by atoms with Gasteiger partial charge in [-0.05, 0) is 146 Å². The second-order valence-corrected chi connectivity index (χ2v) is 28.4. The van der Waals surface area contributed by atoms with Crippen LogP contribution in [0.2, 0.25) is 0 Å². The molecule has 19 rings (SSSR count). The van der Waals surface area contributed by atoms with Gasteiger partial charge in [0.15, 0.2) is 17.5 Å². The van der Waals surface area contributed by atoms with Crippen molar-refractivity contribution in [1.29, 1.82) is 0 Å². The van der Waals surface area contributed by atoms with Gasteiger partial charge in [0.05, 0.1) is 51.2 Å². The van der Waals surface area contributed by atoms with E-state index in [2.05, 4.69) is 285 Å². The van der Waals surface area contributed by atoms with Gasteiger partial charge in [-0.1, -0.05) is 322 Å². The molecular formula is C105H71N9. The van der Waals surface area contributed by atoms with Crippen LogP contribution in [0, 0.1) is 0 Å². The van der Waals surface area contributed by atoms with Crippen molar-refractivity contribution >= 4 is 5.57 Å². The maximum atomic E-state index is 5.08. The van der Waals surface area contributed by atoms with Gasteiger partial charge in [-0.15, -0.1) is 0 Å². The highest BCUT2D eigenvalue weighted by molar-refractivity contribution is 5.93. The Kier molecular flexibility index (Phi) is 19.1. The Bertz CT molecular complexity index is 6090. The first-order valence-corrected chi connectivity index (χ1v) is 38.4. The van der Waals surface area contributed by atoms with E-state index in [1.165, 1.54) is 11.1 Å². The van der Waals surface area contributed by atoms with Crippen LogP contribution in [0.15, 0.2) is 413 Å². The number of benzene rings is 12. The number of rotatable bonds is 18. The summed E-state index contributed by atoms with van der Waals surface area (Å²) in [6.07, 6.45) is 13.4. The molecule has 0 aliphatic heterocycles. The van der Waals surface area contributed by atoms with E-state index < -0.39 is 0 Å². The maximum absolute atomic E-state index is 5.08. The molecule has 9 nitrogen and oxygen atoms in total. The minimum absolute atomic E-state index is 0.0909. The summed E-state index contributed by atoms with van der Waals surface area (Å²) < 4.78 is 0. The number of hydrogen-bond acceptors (Lipinski definition) is 9. The van der Waals surface area contributed by atoms with Gasteiger partial charge >= 0.3 is 0 Å². The predicted octanol–water partition coefficient (Wildman–Crippen LogP) is 26.0.